The zero-order valence-electron chi connectivity index (χ0n) is 12.3. The third-order valence-corrected chi connectivity index (χ3v) is 4.15. The lowest BCUT2D eigenvalue weighted by atomic mass is 9.75. The Morgan fingerprint density at radius 2 is 1.81 bits per heavy atom. The van der Waals surface area contributed by atoms with Crippen molar-refractivity contribution in [2.45, 2.75) is 44.1 Å². The topological polar surface area (TPSA) is 72.2 Å². The first-order valence-corrected chi connectivity index (χ1v) is 7.18. The highest BCUT2D eigenvalue weighted by Crippen LogP contribution is 2.41. The zero-order chi connectivity index (χ0) is 14.6. The molecule has 0 aliphatic heterocycles. The summed E-state index contributed by atoms with van der Waals surface area (Å²) < 4.78 is 0. The van der Waals surface area contributed by atoms with Crippen molar-refractivity contribution in [3.8, 4) is 0 Å². The summed E-state index contributed by atoms with van der Waals surface area (Å²) in [5.41, 5.74) is 6.14. The van der Waals surface area contributed by atoms with E-state index in [0.29, 0.717) is 0 Å². The van der Waals surface area contributed by atoms with E-state index < -0.39 is 11.5 Å². The maximum Gasteiger partial charge on any atom is 0.236 e. The number of halogens is 1. The Hall–Kier alpha value is -1.39. The second-order valence-corrected chi connectivity index (χ2v) is 5.58. The van der Waals surface area contributed by atoms with Gasteiger partial charge in [0.25, 0.3) is 0 Å². The minimum Gasteiger partial charge on any atom is -0.348 e. The SMILES string of the molecule is C[C@H](N)C(=O)NCC(=O)C1(c2ccccc2)CCCC1.Cl. The lowest BCUT2D eigenvalue weighted by molar-refractivity contribution is -0.128. The van der Waals surface area contributed by atoms with E-state index in [1.54, 1.807) is 6.92 Å². The van der Waals surface area contributed by atoms with E-state index in [9.17, 15) is 9.59 Å². The van der Waals surface area contributed by atoms with Crippen molar-refractivity contribution in [2.75, 3.05) is 6.54 Å². The van der Waals surface area contributed by atoms with Crippen LogP contribution in [0.25, 0.3) is 0 Å². The van der Waals surface area contributed by atoms with Gasteiger partial charge in [-0.25, -0.2) is 0 Å². The number of benzene rings is 1. The van der Waals surface area contributed by atoms with Crippen LogP contribution < -0.4 is 11.1 Å². The Bertz CT molecular complexity index is 482. The summed E-state index contributed by atoms with van der Waals surface area (Å²) in [5.74, 6) is -0.185. The molecule has 1 amide bonds. The quantitative estimate of drug-likeness (QED) is 0.873. The molecule has 1 aromatic carbocycles. The van der Waals surface area contributed by atoms with E-state index in [4.69, 9.17) is 5.73 Å². The molecule has 3 N–H and O–H groups in total. The molecule has 1 saturated carbocycles. The highest BCUT2D eigenvalue weighted by atomic mass is 35.5. The second kappa shape index (κ2) is 7.57. The Morgan fingerprint density at radius 1 is 1.24 bits per heavy atom. The van der Waals surface area contributed by atoms with Crippen molar-refractivity contribution in [2.24, 2.45) is 5.73 Å². The van der Waals surface area contributed by atoms with Gasteiger partial charge >= 0.3 is 0 Å². The fourth-order valence-electron chi connectivity index (χ4n) is 2.96. The van der Waals surface area contributed by atoms with Gasteiger partial charge in [0.15, 0.2) is 5.78 Å². The normalized spacial score (nSPS) is 17.6. The van der Waals surface area contributed by atoms with Gasteiger partial charge in [0.2, 0.25) is 5.91 Å². The molecule has 4 nitrogen and oxygen atoms in total. The Morgan fingerprint density at radius 3 is 2.33 bits per heavy atom. The van der Waals surface area contributed by atoms with E-state index in [1.165, 1.54) is 0 Å². The number of nitrogens with two attached hydrogens (primary N) is 1. The summed E-state index contributed by atoms with van der Waals surface area (Å²) in [7, 11) is 0. The van der Waals surface area contributed by atoms with Gasteiger partial charge in [-0.05, 0) is 25.3 Å². The van der Waals surface area contributed by atoms with E-state index in [0.717, 1.165) is 31.2 Å². The highest BCUT2D eigenvalue weighted by Gasteiger charge is 2.41. The lowest BCUT2D eigenvalue weighted by Gasteiger charge is -2.28. The van der Waals surface area contributed by atoms with Gasteiger partial charge in [0, 0.05) is 0 Å². The first kappa shape index (κ1) is 17.7. The summed E-state index contributed by atoms with van der Waals surface area (Å²) >= 11 is 0. The molecular weight excluding hydrogens is 288 g/mol. The molecule has 2 rings (SSSR count). The number of carbonyl (C=O) groups excluding carboxylic acids is 2. The molecule has 1 aliphatic carbocycles. The molecule has 0 saturated heterocycles. The summed E-state index contributed by atoms with van der Waals surface area (Å²) in [4.78, 5) is 24.2. The fraction of sp³-hybridized carbons (Fsp3) is 0.500. The standard InChI is InChI=1S/C16H22N2O2.ClH/c1-12(17)15(20)18-11-14(19)16(9-5-6-10-16)13-7-3-2-4-8-13;/h2-4,7-8,12H,5-6,9-11,17H2,1H3,(H,18,20);1H/t12-;/m0./s1. The first-order chi connectivity index (χ1) is 9.56. The van der Waals surface area contributed by atoms with Crippen LogP contribution in [0.2, 0.25) is 0 Å². The molecule has 0 radical (unpaired) electrons. The number of hydrogen-bond acceptors (Lipinski definition) is 3. The average molecular weight is 311 g/mol. The maximum absolute atomic E-state index is 12.6. The van der Waals surface area contributed by atoms with Crippen molar-refractivity contribution in [3.05, 3.63) is 35.9 Å². The molecule has 1 fully saturated rings. The molecule has 0 unspecified atom stereocenters. The molecule has 21 heavy (non-hydrogen) atoms. The van der Waals surface area contributed by atoms with Crippen LogP contribution in [-0.2, 0) is 15.0 Å². The van der Waals surface area contributed by atoms with Crippen LogP contribution in [0, 0.1) is 0 Å². The number of amides is 1. The van der Waals surface area contributed by atoms with Crippen LogP contribution in [0.1, 0.15) is 38.2 Å². The Balaban J connectivity index is 0.00000220. The number of carbonyl (C=O) groups is 2. The molecule has 0 bridgehead atoms. The summed E-state index contributed by atoms with van der Waals surface area (Å²) in [6.07, 6.45) is 3.84. The van der Waals surface area contributed by atoms with E-state index >= 15 is 0 Å². The maximum atomic E-state index is 12.6. The molecule has 0 heterocycles. The minimum atomic E-state index is -0.584. The van der Waals surface area contributed by atoms with Crippen LogP contribution in [0.4, 0.5) is 0 Å². The smallest absolute Gasteiger partial charge is 0.236 e. The molecule has 0 spiro atoms. The summed E-state index contributed by atoms with van der Waals surface area (Å²) in [5, 5.41) is 2.64. The summed E-state index contributed by atoms with van der Waals surface area (Å²) in [6, 6.07) is 9.31. The number of nitrogens with one attached hydrogen (secondary N) is 1. The van der Waals surface area contributed by atoms with Gasteiger partial charge < -0.3 is 11.1 Å². The third kappa shape index (κ3) is 3.83. The average Bonchev–Trinajstić information content (AvgIpc) is 2.96. The predicted molar refractivity (Wildman–Crippen MR) is 85.5 cm³/mol. The molecule has 1 aromatic rings. The van der Waals surface area contributed by atoms with Gasteiger partial charge in [0.1, 0.15) is 0 Å². The number of rotatable bonds is 5. The monoisotopic (exact) mass is 310 g/mol. The van der Waals surface area contributed by atoms with Gasteiger partial charge in [-0.1, -0.05) is 43.2 Å². The third-order valence-electron chi connectivity index (χ3n) is 4.15. The van der Waals surface area contributed by atoms with Crippen LogP contribution >= 0.6 is 12.4 Å². The van der Waals surface area contributed by atoms with Gasteiger partial charge in [0.05, 0.1) is 18.0 Å². The van der Waals surface area contributed by atoms with E-state index in [2.05, 4.69) is 5.32 Å². The molecule has 0 aromatic heterocycles. The second-order valence-electron chi connectivity index (χ2n) is 5.58. The van der Waals surface area contributed by atoms with Crippen LogP contribution in [0.3, 0.4) is 0 Å². The van der Waals surface area contributed by atoms with Crippen molar-refractivity contribution in [1.82, 2.24) is 5.32 Å². The van der Waals surface area contributed by atoms with Gasteiger partial charge in [-0.15, -0.1) is 12.4 Å². The van der Waals surface area contributed by atoms with E-state index in [-0.39, 0.29) is 30.6 Å². The van der Waals surface area contributed by atoms with Crippen LogP contribution in [0.5, 0.6) is 0 Å². The van der Waals surface area contributed by atoms with E-state index in [1.807, 2.05) is 30.3 Å². The lowest BCUT2D eigenvalue weighted by Crippen LogP contribution is -2.45. The number of hydrogen-bond donors (Lipinski definition) is 2. The zero-order valence-corrected chi connectivity index (χ0v) is 13.1. The van der Waals surface area contributed by atoms with Crippen molar-refractivity contribution < 1.29 is 9.59 Å². The van der Waals surface area contributed by atoms with Crippen molar-refractivity contribution >= 4 is 24.1 Å². The molecular formula is C16H23ClN2O2. The first-order valence-electron chi connectivity index (χ1n) is 7.18. The van der Waals surface area contributed by atoms with Gasteiger partial charge in [-0.2, -0.15) is 0 Å². The summed E-state index contributed by atoms with van der Waals surface area (Å²) in [6.45, 7) is 1.68. The van der Waals surface area contributed by atoms with Crippen molar-refractivity contribution in [3.63, 3.8) is 0 Å². The molecule has 116 valence electrons. The van der Waals surface area contributed by atoms with Crippen LogP contribution in [-0.4, -0.2) is 24.3 Å². The number of ketones is 1. The van der Waals surface area contributed by atoms with Crippen molar-refractivity contribution in [1.29, 1.82) is 0 Å². The fourth-order valence-corrected chi connectivity index (χ4v) is 2.96. The Kier molecular flexibility index (Phi) is 6.37. The number of Topliss-reactive ketones (excluding diaryl/α,β-unsaturated/α-hetero) is 1. The Labute approximate surface area is 131 Å². The molecule has 5 heteroatoms. The van der Waals surface area contributed by atoms with Crippen LogP contribution in [0.15, 0.2) is 30.3 Å². The molecule has 1 aliphatic rings. The van der Waals surface area contributed by atoms with Gasteiger partial charge in [-0.3, -0.25) is 9.59 Å². The largest absolute Gasteiger partial charge is 0.348 e. The minimum absolute atomic E-state index is 0. The predicted octanol–water partition coefficient (Wildman–Crippen LogP) is 1.95. The highest BCUT2D eigenvalue weighted by molar-refractivity contribution is 5.95. The molecule has 1 atom stereocenters.